The van der Waals surface area contributed by atoms with Crippen LogP contribution in [0.25, 0.3) is 22.0 Å². The van der Waals surface area contributed by atoms with E-state index in [0.717, 1.165) is 53.4 Å². The Balaban J connectivity index is 1.30. The smallest absolute Gasteiger partial charge is 0.251 e. The molecule has 1 amide bonds. The minimum absolute atomic E-state index is 0.00198. The van der Waals surface area contributed by atoms with E-state index in [4.69, 9.17) is 4.98 Å². The van der Waals surface area contributed by atoms with Crippen molar-refractivity contribution in [2.45, 2.75) is 51.7 Å². The zero-order valence-corrected chi connectivity index (χ0v) is 22.1. The molecule has 5 rings (SSSR count). The summed E-state index contributed by atoms with van der Waals surface area (Å²) in [5.74, 6) is 0.634. The lowest BCUT2D eigenvalue weighted by Crippen LogP contribution is -2.25. The average molecular weight is 494 g/mol. The van der Waals surface area contributed by atoms with Crippen molar-refractivity contribution >= 4 is 22.8 Å². The van der Waals surface area contributed by atoms with Gasteiger partial charge in [0.25, 0.3) is 5.91 Å². The summed E-state index contributed by atoms with van der Waals surface area (Å²) < 4.78 is 0. The van der Waals surface area contributed by atoms with E-state index in [-0.39, 0.29) is 11.9 Å². The van der Waals surface area contributed by atoms with E-state index in [9.17, 15) is 4.79 Å². The van der Waals surface area contributed by atoms with E-state index in [1.165, 1.54) is 11.1 Å². The second kappa shape index (κ2) is 10.7. The molecule has 0 bridgehead atoms. The molecule has 1 atom stereocenters. The molecule has 1 saturated carbocycles. The summed E-state index contributed by atoms with van der Waals surface area (Å²) in [4.78, 5) is 24.1. The van der Waals surface area contributed by atoms with Gasteiger partial charge in [-0.15, -0.1) is 0 Å². The van der Waals surface area contributed by atoms with Gasteiger partial charge in [0.1, 0.15) is 0 Å². The van der Waals surface area contributed by atoms with Gasteiger partial charge in [-0.1, -0.05) is 36.4 Å². The molecule has 6 heteroatoms. The molecule has 37 heavy (non-hydrogen) atoms. The molecule has 0 radical (unpaired) electrons. The highest BCUT2D eigenvalue weighted by Crippen LogP contribution is 2.28. The third kappa shape index (κ3) is 6.33. The maximum absolute atomic E-state index is 12.6. The van der Waals surface area contributed by atoms with Gasteiger partial charge in [-0.25, -0.2) is 9.97 Å². The zero-order chi connectivity index (χ0) is 25.9. The number of hydrogen-bond acceptors (Lipinski definition) is 5. The topological polar surface area (TPSA) is 70.2 Å². The Hall–Kier alpha value is -3.77. The normalized spacial score (nSPS) is 14.1. The minimum atomic E-state index is 0.00198. The number of aryl methyl sites for hydroxylation is 1. The van der Waals surface area contributed by atoms with Crippen LogP contribution in [0.5, 0.6) is 0 Å². The molecule has 1 aliphatic rings. The third-order valence-electron chi connectivity index (χ3n) is 6.71. The van der Waals surface area contributed by atoms with Gasteiger partial charge in [0.2, 0.25) is 5.95 Å². The minimum Gasteiger partial charge on any atom is -0.351 e. The van der Waals surface area contributed by atoms with Gasteiger partial charge in [-0.3, -0.25) is 4.79 Å². The SMILES string of the molecule is Cc1ccc(C(=O)NC2CC2)cc1-c1ccc2nc(N[C@@H](C)Cc3cccc(CN(C)C)c3)ncc2c1. The number of hydrogen-bond donors (Lipinski definition) is 2. The predicted octanol–water partition coefficient (Wildman–Crippen LogP) is 5.60. The first-order chi connectivity index (χ1) is 17.8. The molecule has 0 aliphatic heterocycles. The van der Waals surface area contributed by atoms with Crippen LogP contribution in [0.3, 0.4) is 0 Å². The van der Waals surface area contributed by atoms with Gasteiger partial charge >= 0.3 is 0 Å². The van der Waals surface area contributed by atoms with Crippen molar-refractivity contribution in [3.63, 3.8) is 0 Å². The Morgan fingerprint density at radius 3 is 2.65 bits per heavy atom. The Labute approximate surface area is 219 Å². The second-order valence-electron chi connectivity index (χ2n) is 10.6. The van der Waals surface area contributed by atoms with Crippen LogP contribution >= 0.6 is 0 Å². The molecule has 1 aliphatic carbocycles. The molecule has 1 heterocycles. The number of rotatable bonds is 9. The molecule has 1 fully saturated rings. The largest absolute Gasteiger partial charge is 0.351 e. The molecule has 6 nitrogen and oxygen atoms in total. The first kappa shape index (κ1) is 24.9. The average Bonchev–Trinajstić information content (AvgIpc) is 3.68. The molecule has 0 saturated heterocycles. The van der Waals surface area contributed by atoms with Crippen LogP contribution in [-0.4, -0.2) is 47.0 Å². The van der Waals surface area contributed by atoms with Crippen molar-refractivity contribution in [1.82, 2.24) is 20.2 Å². The maximum atomic E-state index is 12.6. The first-order valence-electron chi connectivity index (χ1n) is 13.0. The fourth-order valence-electron chi connectivity index (χ4n) is 4.69. The van der Waals surface area contributed by atoms with Gasteiger partial charge < -0.3 is 15.5 Å². The van der Waals surface area contributed by atoms with Crippen molar-refractivity contribution in [2.75, 3.05) is 19.4 Å². The molecule has 0 spiro atoms. The maximum Gasteiger partial charge on any atom is 0.251 e. The van der Waals surface area contributed by atoms with E-state index in [2.05, 4.69) is 84.9 Å². The van der Waals surface area contributed by atoms with E-state index in [1.807, 2.05) is 30.5 Å². The van der Waals surface area contributed by atoms with Gasteiger partial charge in [-0.05, 0) is 99.3 Å². The monoisotopic (exact) mass is 493 g/mol. The molecular weight excluding hydrogens is 458 g/mol. The van der Waals surface area contributed by atoms with Gasteiger partial charge in [0, 0.05) is 35.8 Å². The predicted molar refractivity (Wildman–Crippen MR) is 151 cm³/mol. The molecule has 0 unspecified atom stereocenters. The van der Waals surface area contributed by atoms with Crippen LogP contribution < -0.4 is 10.6 Å². The number of nitrogens with zero attached hydrogens (tertiary/aromatic N) is 3. The standard InChI is InChI=1S/C31H35N5O/c1-20-8-9-25(30(37)34-27-11-12-27)17-28(20)24-10-13-29-26(16-24)18-32-31(35-29)33-21(2)14-22-6-5-7-23(15-22)19-36(3)4/h5-10,13,15-18,21,27H,11-12,14,19H2,1-4H3,(H,34,37)(H,32,33,35)/t21-/m0/s1. The third-order valence-corrected chi connectivity index (χ3v) is 6.71. The van der Waals surface area contributed by atoms with Gasteiger partial charge in [0.15, 0.2) is 0 Å². The molecule has 190 valence electrons. The molecule has 1 aromatic heterocycles. The summed E-state index contributed by atoms with van der Waals surface area (Å²) in [6, 6.07) is 21.4. The summed E-state index contributed by atoms with van der Waals surface area (Å²) >= 11 is 0. The summed E-state index contributed by atoms with van der Waals surface area (Å²) in [5, 5.41) is 7.51. The van der Waals surface area contributed by atoms with Crippen LogP contribution in [0, 0.1) is 6.92 Å². The number of fused-ring (bicyclic) bond motifs is 1. The highest BCUT2D eigenvalue weighted by molar-refractivity contribution is 5.96. The number of anilines is 1. The molecular formula is C31H35N5O. The van der Waals surface area contributed by atoms with Gasteiger partial charge in [0.05, 0.1) is 5.52 Å². The van der Waals surface area contributed by atoms with Crippen molar-refractivity contribution in [2.24, 2.45) is 0 Å². The van der Waals surface area contributed by atoms with Crippen LogP contribution in [0.2, 0.25) is 0 Å². The highest BCUT2D eigenvalue weighted by Gasteiger charge is 2.24. The first-order valence-corrected chi connectivity index (χ1v) is 13.0. The number of aromatic nitrogens is 2. The number of nitrogens with one attached hydrogen (secondary N) is 2. The molecule has 2 N–H and O–H groups in total. The quantitative estimate of drug-likeness (QED) is 0.318. The van der Waals surface area contributed by atoms with Crippen molar-refractivity contribution < 1.29 is 4.79 Å². The summed E-state index contributed by atoms with van der Waals surface area (Å²) in [7, 11) is 4.17. The lowest BCUT2D eigenvalue weighted by Gasteiger charge is -2.16. The summed E-state index contributed by atoms with van der Waals surface area (Å²) in [6.07, 6.45) is 4.92. The Bertz CT molecular complexity index is 1430. The fraction of sp³-hybridized carbons (Fsp3) is 0.323. The Kier molecular flexibility index (Phi) is 7.19. The Morgan fingerprint density at radius 1 is 1.05 bits per heavy atom. The van der Waals surface area contributed by atoms with Crippen molar-refractivity contribution in [3.8, 4) is 11.1 Å². The van der Waals surface area contributed by atoms with Crippen molar-refractivity contribution in [1.29, 1.82) is 0 Å². The van der Waals surface area contributed by atoms with E-state index < -0.39 is 0 Å². The number of carbonyl (C=O) groups is 1. The molecule has 4 aromatic rings. The van der Waals surface area contributed by atoms with Gasteiger partial charge in [-0.2, -0.15) is 0 Å². The van der Waals surface area contributed by atoms with Crippen LogP contribution in [0.15, 0.2) is 66.9 Å². The number of carbonyl (C=O) groups excluding carboxylic acids is 1. The lowest BCUT2D eigenvalue weighted by molar-refractivity contribution is 0.0951. The van der Waals surface area contributed by atoms with E-state index in [1.54, 1.807) is 0 Å². The summed E-state index contributed by atoms with van der Waals surface area (Å²) in [6.45, 7) is 5.16. The van der Waals surface area contributed by atoms with E-state index in [0.29, 0.717) is 17.6 Å². The number of amides is 1. The fourth-order valence-corrected chi connectivity index (χ4v) is 4.69. The molecule has 3 aromatic carbocycles. The zero-order valence-electron chi connectivity index (χ0n) is 22.1. The van der Waals surface area contributed by atoms with Crippen molar-refractivity contribution in [3.05, 3.63) is 89.1 Å². The summed E-state index contributed by atoms with van der Waals surface area (Å²) in [5.41, 5.74) is 7.44. The Morgan fingerprint density at radius 2 is 1.86 bits per heavy atom. The van der Waals surface area contributed by atoms with E-state index >= 15 is 0 Å². The van der Waals surface area contributed by atoms with Crippen LogP contribution in [0.1, 0.15) is 46.8 Å². The second-order valence-corrected chi connectivity index (χ2v) is 10.6. The highest BCUT2D eigenvalue weighted by atomic mass is 16.1. The lowest BCUT2D eigenvalue weighted by atomic mass is 9.97. The van der Waals surface area contributed by atoms with Crippen LogP contribution in [-0.2, 0) is 13.0 Å². The number of benzene rings is 3. The van der Waals surface area contributed by atoms with Crippen LogP contribution in [0.4, 0.5) is 5.95 Å².